The normalized spacial score (nSPS) is 14.6. The SMILES string of the molecule is CCC(C)(C(=O)NCCc1ccc(Cl)cc1Cl)/C(N)=N/O. The Hall–Kier alpha value is -1.46. The second-order valence-electron chi connectivity index (χ2n) is 4.91. The van der Waals surface area contributed by atoms with E-state index in [1.165, 1.54) is 0 Å². The fourth-order valence-electron chi connectivity index (χ4n) is 1.80. The van der Waals surface area contributed by atoms with Crippen molar-refractivity contribution in [3.63, 3.8) is 0 Å². The Bertz CT molecular complexity index is 549. The number of hydrogen-bond donors (Lipinski definition) is 3. The van der Waals surface area contributed by atoms with E-state index in [0.717, 1.165) is 5.56 Å². The molecule has 0 fully saturated rings. The molecule has 0 spiro atoms. The second-order valence-corrected chi connectivity index (χ2v) is 5.76. The molecule has 1 aromatic carbocycles. The Morgan fingerprint density at radius 3 is 2.67 bits per heavy atom. The molecule has 0 saturated heterocycles. The molecule has 0 heterocycles. The highest BCUT2D eigenvalue weighted by molar-refractivity contribution is 6.35. The van der Waals surface area contributed by atoms with Crippen LogP contribution in [0.15, 0.2) is 23.4 Å². The number of halogens is 2. The molecular weight excluding hydrogens is 313 g/mol. The van der Waals surface area contributed by atoms with E-state index in [1.54, 1.807) is 26.0 Å². The lowest BCUT2D eigenvalue weighted by Gasteiger charge is -2.25. The van der Waals surface area contributed by atoms with Crippen molar-refractivity contribution in [1.29, 1.82) is 0 Å². The van der Waals surface area contributed by atoms with Gasteiger partial charge in [-0.05, 0) is 37.5 Å². The summed E-state index contributed by atoms with van der Waals surface area (Å²) in [6.45, 7) is 3.83. The lowest BCUT2D eigenvalue weighted by Crippen LogP contribution is -2.48. The van der Waals surface area contributed by atoms with Crippen LogP contribution in [-0.4, -0.2) is 23.5 Å². The van der Waals surface area contributed by atoms with Crippen LogP contribution in [0.25, 0.3) is 0 Å². The van der Waals surface area contributed by atoms with Crippen LogP contribution in [0.2, 0.25) is 10.0 Å². The van der Waals surface area contributed by atoms with Crippen LogP contribution in [0.5, 0.6) is 0 Å². The largest absolute Gasteiger partial charge is 0.409 e. The van der Waals surface area contributed by atoms with E-state index >= 15 is 0 Å². The summed E-state index contributed by atoms with van der Waals surface area (Å²) in [7, 11) is 0. The molecule has 1 rings (SSSR count). The van der Waals surface area contributed by atoms with Crippen molar-refractivity contribution in [2.75, 3.05) is 6.54 Å². The second kappa shape index (κ2) is 7.52. The minimum atomic E-state index is -1.03. The summed E-state index contributed by atoms with van der Waals surface area (Å²) >= 11 is 11.9. The Morgan fingerprint density at radius 2 is 2.14 bits per heavy atom. The molecule has 116 valence electrons. The van der Waals surface area contributed by atoms with Crippen molar-refractivity contribution < 1.29 is 10.0 Å². The van der Waals surface area contributed by atoms with Crippen LogP contribution >= 0.6 is 23.2 Å². The number of amides is 1. The Balaban J connectivity index is 2.65. The zero-order valence-electron chi connectivity index (χ0n) is 12.0. The van der Waals surface area contributed by atoms with Gasteiger partial charge >= 0.3 is 0 Å². The topological polar surface area (TPSA) is 87.7 Å². The van der Waals surface area contributed by atoms with Crippen molar-refractivity contribution in [3.05, 3.63) is 33.8 Å². The van der Waals surface area contributed by atoms with Gasteiger partial charge in [0.25, 0.3) is 0 Å². The van der Waals surface area contributed by atoms with Gasteiger partial charge in [-0.1, -0.05) is 41.3 Å². The zero-order valence-corrected chi connectivity index (χ0v) is 13.5. The smallest absolute Gasteiger partial charge is 0.233 e. The first-order valence-corrected chi connectivity index (χ1v) is 7.31. The Morgan fingerprint density at radius 1 is 1.48 bits per heavy atom. The predicted octanol–water partition coefficient (Wildman–Crippen LogP) is 2.81. The summed E-state index contributed by atoms with van der Waals surface area (Å²) in [4.78, 5) is 12.2. The van der Waals surface area contributed by atoms with E-state index < -0.39 is 5.41 Å². The van der Waals surface area contributed by atoms with Gasteiger partial charge in [-0.2, -0.15) is 0 Å². The van der Waals surface area contributed by atoms with Gasteiger partial charge in [0.1, 0.15) is 5.41 Å². The minimum Gasteiger partial charge on any atom is -0.409 e. The third-order valence-electron chi connectivity index (χ3n) is 3.58. The molecule has 0 aliphatic heterocycles. The van der Waals surface area contributed by atoms with E-state index in [2.05, 4.69) is 10.5 Å². The molecule has 7 heteroatoms. The molecule has 5 nitrogen and oxygen atoms in total. The van der Waals surface area contributed by atoms with Crippen molar-refractivity contribution in [2.45, 2.75) is 26.7 Å². The zero-order chi connectivity index (χ0) is 16.0. The Labute approximate surface area is 134 Å². The van der Waals surface area contributed by atoms with Crippen LogP contribution in [0, 0.1) is 5.41 Å². The highest BCUT2D eigenvalue weighted by Gasteiger charge is 2.36. The van der Waals surface area contributed by atoms with Crippen molar-refractivity contribution >= 4 is 34.9 Å². The van der Waals surface area contributed by atoms with Gasteiger partial charge < -0.3 is 16.3 Å². The fourth-order valence-corrected chi connectivity index (χ4v) is 2.30. The summed E-state index contributed by atoms with van der Waals surface area (Å²) in [5.74, 6) is -0.391. The molecule has 0 radical (unpaired) electrons. The molecule has 0 aliphatic carbocycles. The van der Waals surface area contributed by atoms with E-state index in [0.29, 0.717) is 29.4 Å². The fraction of sp³-hybridized carbons (Fsp3) is 0.429. The highest BCUT2D eigenvalue weighted by atomic mass is 35.5. The maximum atomic E-state index is 12.2. The average Bonchev–Trinajstić information content (AvgIpc) is 2.47. The number of benzene rings is 1. The molecule has 0 bridgehead atoms. The number of carbonyl (C=O) groups is 1. The predicted molar refractivity (Wildman–Crippen MR) is 85.0 cm³/mol. The summed E-state index contributed by atoms with van der Waals surface area (Å²) < 4.78 is 0. The first-order chi connectivity index (χ1) is 9.85. The molecule has 1 aromatic rings. The number of rotatable bonds is 6. The van der Waals surface area contributed by atoms with Gasteiger partial charge in [0, 0.05) is 16.6 Å². The molecule has 0 saturated carbocycles. The molecule has 1 amide bonds. The molecule has 1 unspecified atom stereocenters. The third kappa shape index (κ3) is 4.25. The monoisotopic (exact) mass is 331 g/mol. The third-order valence-corrected chi connectivity index (χ3v) is 4.16. The standard InChI is InChI=1S/C14H19Cl2N3O2/c1-3-14(2,12(17)19-21)13(20)18-7-6-9-4-5-10(15)8-11(9)16/h4-5,8,21H,3,6-7H2,1-2H3,(H2,17,19)(H,18,20). The first kappa shape index (κ1) is 17.6. The minimum absolute atomic E-state index is 0.105. The van der Waals surface area contributed by atoms with Crippen LogP contribution < -0.4 is 11.1 Å². The summed E-state index contributed by atoms with van der Waals surface area (Å²) in [6, 6.07) is 5.23. The molecule has 4 N–H and O–H groups in total. The summed E-state index contributed by atoms with van der Waals surface area (Å²) in [5.41, 5.74) is 5.45. The maximum Gasteiger partial charge on any atom is 0.233 e. The van der Waals surface area contributed by atoms with Gasteiger partial charge in [0.15, 0.2) is 5.84 Å². The lowest BCUT2D eigenvalue weighted by atomic mass is 9.85. The molecule has 1 atom stereocenters. The quantitative estimate of drug-likeness (QED) is 0.324. The molecule has 0 aliphatic rings. The number of nitrogens with two attached hydrogens (primary N) is 1. The molecular formula is C14H19Cl2N3O2. The first-order valence-electron chi connectivity index (χ1n) is 6.55. The van der Waals surface area contributed by atoms with Crippen LogP contribution in [0.4, 0.5) is 0 Å². The van der Waals surface area contributed by atoms with E-state index in [-0.39, 0.29) is 11.7 Å². The van der Waals surface area contributed by atoms with Gasteiger partial charge in [-0.15, -0.1) is 0 Å². The van der Waals surface area contributed by atoms with Gasteiger partial charge in [0.2, 0.25) is 5.91 Å². The van der Waals surface area contributed by atoms with E-state index in [9.17, 15) is 4.79 Å². The number of hydrogen-bond acceptors (Lipinski definition) is 3. The lowest BCUT2D eigenvalue weighted by molar-refractivity contribution is -0.127. The summed E-state index contributed by atoms with van der Waals surface area (Å²) in [6.07, 6.45) is 0.994. The molecule has 0 aromatic heterocycles. The van der Waals surface area contributed by atoms with Gasteiger partial charge in [-0.25, -0.2) is 0 Å². The number of amidine groups is 1. The Kier molecular flexibility index (Phi) is 6.30. The average molecular weight is 332 g/mol. The van der Waals surface area contributed by atoms with Gasteiger partial charge in [-0.3, -0.25) is 4.79 Å². The van der Waals surface area contributed by atoms with Crippen molar-refractivity contribution in [3.8, 4) is 0 Å². The maximum absolute atomic E-state index is 12.2. The number of carbonyl (C=O) groups excluding carboxylic acids is 1. The van der Waals surface area contributed by atoms with Crippen molar-refractivity contribution in [1.82, 2.24) is 5.32 Å². The number of nitrogens with zero attached hydrogens (tertiary/aromatic N) is 1. The van der Waals surface area contributed by atoms with Crippen LogP contribution in [0.3, 0.4) is 0 Å². The highest BCUT2D eigenvalue weighted by Crippen LogP contribution is 2.23. The summed E-state index contributed by atoms with van der Waals surface area (Å²) in [5, 5.41) is 15.6. The van der Waals surface area contributed by atoms with Crippen molar-refractivity contribution in [2.24, 2.45) is 16.3 Å². The molecule has 21 heavy (non-hydrogen) atoms. The number of nitrogens with one attached hydrogen (secondary N) is 1. The van der Waals surface area contributed by atoms with Crippen LogP contribution in [-0.2, 0) is 11.2 Å². The van der Waals surface area contributed by atoms with E-state index in [4.69, 9.17) is 34.1 Å². The number of oxime groups is 1. The van der Waals surface area contributed by atoms with Crippen LogP contribution in [0.1, 0.15) is 25.8 Å². The van der Waals surface area contributed by atoms with Gasteiger partial charge in [0.05, 0.1) is 0 Å². The van der Waals surface area contributed by atoms with E-state index in [1.807, 2.05) is 6.07 Å².